The van der Waals surface area contributed by atoms with Crippen molar-refractivity contribution in [3.8, 4) is 0 Å². The number of rotatable bonds is 2. The maximum absolute atomic E-state index is 11.9. The molecule has 0 heterocycles. The lowest BCUT2D eigenvalue weighted by Crippen LogP contribution is -2.43. The lowest BCUT2D eigenvalue weighted by molar-refractivity contribution is -0.127. The van der Waals surface area contributed by atoms with Gasteiger partial charge in [0.2, 0.25) is 0 Å². The topological polar surface area (TPSA) is 17.1 Å². The molecule has 0 spiro atoms. The molecule has 0 rings (SSSR count). The summed E-state index contributed by atoms with van der Waals surface area (Å²) in [6.45, 7) is 15.3. The largest absolute Gasteiger partial charge is 0.306 e. The molecule has 1 atom stereocenters. The van der Waals surface area contributed by atoms with Gasteiger partial charge in [0.25, 0.3) is 0 Å². The van der Waals surface area contributed by atoms with E-state index in [1.165, 1.54) is 0 Å². The Labute approximate surface area is 92.1 Å². The zero-order valence-electron chi connectivity index (χ0n) is 11.1. The lowest BCUT2D eigenvalue weighted by Gasteiger charge is -2.44. The summed E-state index contributed by atoms with van der Waals surface area (Å²) in [5.74, 6) is 0. The van der Waals surface area contributed by atoms with Crippen LogP contribution in [-0.2, 0) is 4.79 Å². The second-order valence-electron chi connectivity index (χ2n) is 6.88. The Morgan fingerprint density at radius 1 is 1.00 bits per heavy atom. The van der Waals surface area contributed by atoms with Crippen LogP contribution in [0.4, 0.5) is 0 Å². The molecule has 0 aliphatic rings. The highest BCUT2D eigenvalue weighted by Crippen LogP contribution is 2.46. The quantitative estimate of drug-likeness (QED) is 0.645. The molecule has 0 saturated heterocycles. The Bertz CT molecular complexity index is 219. The predicted octanol–water partition coefficient (Wildman–Crippen LogP) is 2.37. The molecule has 84 valence electrons. The van der Waals surface area contributed by atoms with Crippen LogP contribution in [0.25, 0.3) is 0 Å². The van der Waals surface area contributed by atoms with E-state index in [2.05, 4.69) is 48.5 Å². The highest BCUT2D eigenvalue weighted by Gasteiger charge is 2.43. The average molecular weight is 214 g/mol. The molecule has 0 aliphatic heterocycles. The molecule has 0 aromatic rings. The van der Waals surface area contributed by atoms with Crippen LogP contribution >= 0.6 is 0 Å². The van der Waals surface area contributed by atoms with Crippen molar-refractivity contribution in [2.75, 3.05) is 0 Å². The first-order chi connectivity index (χ1) is 5.90. The maximum Gasteiger partial charge on any atom is 0.107 e. The van der Waals surface area contributed by atoms with Crippen LogP contribution in [0.3, 0.4) is 0 Å². The van der Waals surface area contributed by atoms with Gasteiger partial charge < -0.3 is 4.79 Å². The lowest BCUT2D eigenvalue weighted by atomic mass is 9.62. The van der Waals surface area contributed by atoms with Crippen LogP contribution in [0, 0.1) is 16.2 Å². The monoisotopic (exact) mass is 214 g/mol. The molecule has 2 heteroatoms. The molecule has 1 nitrogen and oxygen atoms in total. The van der Waals surface area contributed by atoms with E-state index in [0.29, 0.717) is 15.6 Å². The molecule has 1 unspecified atom stereocenters. The molecule has 0 aromatic heterocycles. The van der Waals surface area contributed by atoms with Gasteiger partial charge in [-0.25, -0.2) is 0 Å². The van der Waals surface area contributed by atoms with Crippen molar-refractivity contribution in [1.82, 2.24) is 0 Å². The summed E-state index contributed by atoms with van der Waals surface area (Å²) in [5, 5.41) is 0.444. The van der Waals surface area contributed by atoms with Gasteiger partial charge in [0, 0.05) is 5.41 Å². The molecular weight excluding hydrogens is 188 g/mol. The number of carbonyl (C=O) groups excluding carboxylic acids is 1. The molecule has 0 saturated carbocycles. The fourth-order valence-corrected chi connectivity index (χ4v) is 2.91. The molecular formula is C12H26OSi. The van der Waals surface area contributed by atoms with Gasteiger partial charge in [-0.1, -0.05) is 48.5 Å². The van der Waals surface area contributed by atoms with E-state index in [4.69, 9.17) is 0 Å². The van der Waals surface area contributed by atoms with Crippen molar-refractivity contribution in [3.63, 3.8) is 0 Å². The van der Waals surface area contributed by atoms with Gasteiger partial charge in [0.05, 0.1) is 10.2 Å². The first-order valence-electron chi connectivity index (χ1n) is 5.41. The third kappa shape index (κ3) is 3.23. The highest BCUT2D eigenvalue weighted by atomic mass is 28.1. The molecule has 0 fully saturated rings. The van der Waals surface area contributed by atoms with E-state index in [-0.39, 0.29) is 16.2 Å². The molecule has 0 aliphatic carbocycles. The van der Waals surface area contributed by atoms with Crippen LogP contribution in [0.5, 0.6) is 0 Å². The highest BCUT2D eigenvalue weighted by molar-refractivity contribution is 6.59. The van der Waals surface area contributed by atoms with Crippen molar-refractivity contribution in [2.45, 2.75) is 54.9 Å². The summed E-state index contributed by atoms with van der Waals surface area (Å²) in [4.78, 5) is 11.9. The van der Waals surface area contributed by atoms with Crippen LogP contribution < -0.4 is 0 Å². The van der Waals surface area contributed by atoms with Crippen LogP contribution in [0.2, 0.25) is 0 Å². The first kappa shape index (κ1) is 13.9. The fraction of sp³-hybridized carbons (Fsp3) is 0.917. The number of hydrogen-bond donors (Lipinski definition) is 0. The Balaban J connectivity index is 5.04. The van der Waals surface area contributed by atoms with Gasteiger partial charge >= 0.3 is 0 Å². The molecule has 0 bridgehead atoms. The van der Waals surface area contributed by atoms with E-state index < -0.39 is 0 Å². The van der Waals surface area contributed by atoms with Gasteiger partial charge in [0.15, 0.2) is 0 Å². The van der Waals surface area contributed by atoms with Gasteiger partial charge in [-0.3, -0.25) is 0 Å². The Hall–Kier alpha value is -0.113. The van der Waals surface area contributed by atoms with Gasteiger partial charge in [-0.05, 0) is 17.3 Å². The molecule has 14 heavy (non-hydrogen) atoms. The van der Waals surface area contributed by atoms with E-state index in [1.807, 2.05) is 0 Å². The van der Waals surface area contributed by atoms with E-state index in [9.17, 15) is 4.79 Å². The zero-order chi connectivity index (χ0) is 11.8. The minimum Gasteiger partial charge on any atom is -0.306 e. The molecule has 0 aromatic carbocycles. The maximum atomic E-state index is 11.9. The number of carbonyl (C=O) groups is 1. The second kappa shape index (κ2) is 3.80. The molecule has 0 radical (unpaired) electrons. The smallest absolute Gasteiger partial charge is 0.107 e. The summed E-state index contributed by atoms with van der Waals surface area (Å²) in [6, 6.07) is 0. The summed E-state index contributed by atoms with van der Waals surface area (Å²) < 4.78 is 0. The third-order valence-electron chi connectivity index (χ3n) is 3.32. The Morgan fingerprint density at radius 2 is 1.36 bits per heavy atom. The SMILES string of the molecule is CC(C)(C)CC(C)(C(=O)[SiH3])C(C)(C)C. The van der Waals surface area contributed by atoms with Crippen molar-refractivity contribution in [3.05, 3.63) is 0 Å². The van der Waals surface area contributed by atoms with Crippen molar-refractivity contribution in [2.24, 2.45) is 16.2 Å². The minimum absolute atomic E-state index is 0.0686. The third-order valence-corrected chi connectivity index (χ3v) is 4.42. The van der Waals surface area contributed by atoms with Crippen molar-refractivity contribution < 1.29 is 4.79 Å². The second-order valence-corrected chi connectivity index (χ2v) is 7.78. The first-order valence-corrected chi connectivity index (χ1v) is 6.41. The van der Waals surface area contributed by atoms with Crippen LogP contribution in [0.1, 0.15) is 54.9 Å². The normalized spacial score (nSPS) is 17.9. The molecule has 0 N–H and O–H groups in total. The zero-order valence-corrected chi connectivity index (χ0v) is 13.1. The van der Waals surface area contributed by atoms with E-state index >= 15 is 0 Å². The number of hydrogen-bond acceptors (Lipinski definition) is 1. The van der Waals surface area contributed by atoms with Crippen molar-refractivity contribution in [1.29, 1.82) is 0 Å². The predicted molar refractivity (Wildman–Crippen MR) is 66.6 cm³/mol. The summed E-state index contributed by atoms with van der Waals surface area (Å²) in [6.07, 6.45) is 0.978. The Kier molecular flexibility index (Phi) is 3.77. The summed E-state index contributed by atoms with van der Waals surface area (Å²) >= 11 is 0. The summed E-state index contributed by atoms with van der Waals surface area (Å²) in [5.41, 5.74) is 0.138. The standard InChI is InChI=1S/C12H26OSi/c1-10(2,3)8-12(7,9(13)14)11(4,5)6/h8H2,1-7,14H3. The average Bonchev–Trinajstić information content (AvgIpc) is 1.79. The van der Waals surface area contributed by atoms with Crippen LogP contribution in [0.15, 0.2) is 0 Å². The van der Waals surface area contributed by atoms with Gasteiger partial charge in [-0.15, -0.1) is 0 Å². The van der Waals surface area contributed by atoms with Crippen molar-refractivity contribution >= 4 is 15.6 Å². The van der Waals surface area contributed by atoms with Crippen LogP contribution in [-0.4, -0.2) is 15.6 Å². The van der Waals surface area contributed by atoms with E-state index in [0.717, 1.165) is 6.42 Å². The summed E-state index contributed by atoms with van der Waals surface area (Å²) in [7, 11) is 0.662. The molecule has 0 amide bonds. The minimum atomic E-state index is -0.155. The Morgan fingerprint density at radius 3 is 1.43 bits per heavy atom. The van der Waals surface area contributed by atoms with Gasteiger partial charge in [0.1, 0.15) is 5.41 Å². The fourth-order valence-electron chi connectivity index (χ4n) is 1.98. The van der Waals surface area contributed by atoms with E-state index in [1.54, 1.807) is 0 Å². The van der Waals surface area contributed by atoms with Gasteiger partial charge in [-0.2, -0.15) is 0 Å².